The van der Waals surface area contributed by atoms with Crippen LogP contribution in [0.25, 0.3) is 10.9 Å². The molecule has 4 nitrogen and oxygen atoms in total. The summed E-state index contributed by atoms with van der Waals surface area (Å²) in [5.74, 6) is -0.491. The normalized spacial score (nSPS) is 11.2. The number of nitrogens with zero attached hydrogens (tertiary/aromatic N) is 1. The maximum atomic E-state index is 14.5. The van der Waals surface area contributed by atoms with Crippen LogP contribution in [0, 0.1) is 9.39 Å². The van der Waals surface area contributed by atoms with Crippen LogP contribution in [-0.4, -0.2) is 9.67 Å². The average Bonchev–Trinajstić information content (AvgIpc) is 2.77. The van der Waals surface area contributed by atoms with E-state index in [1.165, 1.54) is 12.1 Å². The van der Waals surface area contributed by atoms with Crippen LogP contribution in [0.5, 0.6) is 0 Å². The Labute approximate surface area is 187 Å². The molecule has 0 spiro atoms. The standard InChI is InChI=1S/C24H20FIN2O2/c1-28-20(14-29)21(26)24(30)18-12-17(25)13-19(23(18)28)27-22(15-8-4-2-5-9-15)16-10-6-3-7-11-16/h2-13,22,27,29H,14H2,1H3. The van der Waals surface area contributed by atoms with Crippen LogP contribution in [-0.2, 0) is 13.7 Å². The first-order valence-corrected chi connectivity index (χ1v) is 10.6. The van der Waals surface area contributed by atoms with Crippen molar-refractivity contribution in [2.24, 2.45) is 7.05 Å². The maximum Gasteiger partial charge on any atom is 0.203 e. The van der Waals surface area contributed by atoms with Gasteiger partial charge in [-0.3, -0.25) is 4.79 Å². The Kier molecular flexibility index (Phi) is 5.87. The molecule has 0 saturated carbocycles. The number of halogens is 2. The van der Waals surface area contributed by atoms with Gasteiger partial charge in [-0.1, -0.05) is 60.7 Å². The summed E-state index contributed by atoms with van der Waals surface area (Å²) in [4.78, 5) is 12.9. The van der Waals surface area contributed by atoms with Gasteiger partial charge in [0, 0.05) is 7.05 Å². The van der Waals surface area contributed by atoms with Gasteiger partial charge in [-0.05, 0) is 45.9 Å². The minimum absolute atomic E-state index is 0.246. The molecule has 30 heavy (non-hydrogen) atoms. The Bertz CT molecular complexity index is 1220. The molecule has 0 aliphatic heterocycles. The predicted molar refractivity (Wildman–Crippen MR) is 126 cm³/mol. The number of aliphatic hydroxyl groups is 1. The molecule has 0 bridgehead atoms. The van der Waals surface area contributed by atoms with Crippen LogP contribution < -0.4 is 10.7 Å². The second kappa shape index (κ2) is 8.57. The van der Waals surface area contributed by atoms with E-state index in [1.807, 2.05) is 83.3 Å². The summed E-state index contributed by atoms with van der Waals surface area (Å²) in [7, 11) is 1.78. The first kappa shape index (κ1) is 20.6. The topological polar surface area (TPSA) is 54.3 Å². The van der Waals surface area contributed by atoms with Gasteiger partial charge in [-0.2, -0.15) is 0 Å². The summed E-state index contributed by atoms with van der Waals surface area (Å²) in [6, 6.07) is 22.2. The minimum atomic E-state index is -0.491. The number of rotatable bonds is 5. The largest absolute Gasteiger partial charge is 0.390 e. The van der Waals surface area contributed by atoms with Crippen molar-refractivity contribution < 1.29 is 9.50 Å². The molecule has 0 aliphatic carbocycles. The number of aryl methyl sites for hydroxylation is 1. The lowest BCUT2D eigenvalue weighted by molar-refractivity contribution is 0.271. The van der Waals surface area contributed by atoms with Crippen LogP contribution in [0.2, 0.25) is 0 Å². The quantitative estimate of drug-likeness (QED) is 0.370. The SMILES string of the molecule is Cn1c(CO)c(I)c(=O)c2cc(F)cc(NC(c3ccccc3)c3ccccc3)c21. The van der Waals surface area contributed by atoms with Gasteiger partial charge >= 0.3 is 0 Å². The number of pyridine rings is 1. The molecule has 0 atom stereocenters. The zero-order valence-electron chi connectivity index (χ0n) is 16.3. The van der Waals surface area contributed by atoms with Gasteiger partial charge in [-0.25, -0.2) is 4.39 Å². The average molecular weight is 514 g/mol. The summed E-state index contributed by atoms with van der Waals surface area (Å²) < 4.78 is 16.7. The number of benzene rings is 3. The van der Waals surface area contributed by atoms with Gasteiger partial charge in [0.25, 0.3) is 0 Å². The van der Waals surface area contributed by atoms with Crippen molar-refractivity contribution in [2.75, 3.05) is 5.32 Å². The van der Waals surface area contributed by atoms with Crippen LogP contribution in [0.15, 0.2) is 77.6 Å². The first-order valence-electron chi connectivity index (χ1n) is 9.49. The Hall–Kier alpha value is -2.71. The van der Waals surface area contributed by atoms with Gasteiger partial charge in [0.2, 0.25) is 5.43 Å². The molecule has 0 amide bonds. The molecule has 6 heteroatoms. The second-order valence-corrected chi connectivity index (χ2v) is 8.13. The summed E-state index contributed by atoms with van der Waals surface area (Å²) >= 11 is 1.91. The third-order valence-electron chi connectivity index (χ3n) is 5.23. The molecule has 3 aromatic carbocycles. The molecule has 1 aromatic heterocycles. The number of hydrogen-bond acceptors (Lipinski definition) is 3. The Morgan fingerprint density at radius 2 is 1.60 bits per heavy atom. The fourth-order valence-electron chi connectivity index (χ4n) is 3.76. The lowest BCUT2D eigenvalue weighted by Gasteiger charge is -2.24. The maximum absolute atomic E-state index is 14.5. The number of nitrogens with one attached hydrogen (secondary N) is 1. The fourth-order valence-corrected chi connectivity index (χ4v) is 4.58. The van der Waals surface area contributed by atoms with Gasteiger partial charge in [-0.15, -0.1) is 0 Å². The van der Waals surface area contributed by atoms with E-state index in [2.05, 4.69) is 5.32 Å². The molecule has 4 aromatic rings. The van der Waals surface area contributed by atoms with E-state index in [1.54, 1.807) is 11.6 Å². The number of aliphatic hydroxyl groups excluding tert-OH is 1. The Balaban J connectivity index is 1.96. The fraction of sp³-hybridized carbons (Fsp3) is 0.125. The monoisotopic (exact) mass is 514 g/mol. The van der Waals surface area contributed by atoms with E-state index in [0.29, 0.717) is 20.5 Å². The first-order chi connectivity index (χ1) is 14.5. The third kappa shape index (κ3) is 3.73. The van der Waals surface area contributed by atoms with Crippen LogP contribution >= 0.6 is 22.6 Å². The summed E-state index contributed by atoms with van der Waals surface area (Å²) in [6.07, 6.45) is 0. The highest BCUT2D eigenvalue weighted by atomic mass is 127. The highest BCUT2D eigenvalue weighted by Gasteiger charge is 2.20. The predicted octanol–water partition coefficient (Wildman–Crippen LogP) is 4.98. The van der Waals surface area contributed by atoms with Gasteiger partial charge in [0.05, 0.1) is 38.5 Å². The van der Waals surface area contributed by atoms with Crippen LogP contribution in [0.1, 0.15) is 22.9 Å². The third-order valence-corrected chi connectivity index (χ3v) is 6.34. The molecule has 0 radical (unpaired) electrons. The number of aromatic nitrogens is 1. The van der Waals surface area contributed by atoms with Crippen molar-refractivity contribution in [1.29, 1.82) is 0 Å². The van der Waals surface area contributed by atoms with Crippen molar-refractivity contribution in [3.63, 3.8) is 0 Å². The molecular formula is C24H20FIN2O2. The van der Waals surface area contributed by atoms with E-state index < -0.39 is 5.82 Å². The minimum Gasteiger partial charge on any atom is -0.390 e. The second-order valence-electron chi connectivity index (χ2n) is 7.06. The van der Waals surface area contributed by atoms with Gasteiger partial charge in [0.1, 0.15) is 5.82 Å². The Morgan fingerprint density at radius 1 is 1.03 bits per heavy atom. The van der Waals surface area contributed by atoms with Crippen molar-refractivity contribution in [1.82, 2.24) is 4.57 Å². The van der Waals surface area contributed by atoms with Crippen molar-refractivity contribution >= 4 is 39.2 Å². The highest BCUT2D eigenvalue weighted by molar-refractivity contribution is 14.1. The molecule has 4 rings (SSSR count). The number of fused-ring (bicyclic) bond motifs is 1. The molecule has 0 aliphatic rings. The van der Waals surface area contributed by atoms with Crippen molar-refractivity contribution in [2.45, 2.75) is 12.6 Å². The molecule has 0 fully saturated rings. The molecule has 0 saturated heterocycles. The molecular weight excluding hydrogens is 494 g/mol. The highest BCUT2D eigenvalue weighted by Crippen LogP contribution is 2.32. The molecule has 1 heterocycles. The zero-order chi connectivity index (χ0) is 21.3. The van der Waals surface area contributed by atoms with Crippen molar-refractivity contribution in [3.8, 4) is 0 Å². The molecule has 2 N–H and O–H groups in total. The summed E-state index contributed by atoms with van der Waals surface area (Å²) in [5, 5.41) is 13.5. The van der Waals surface area contributed by atoms with E-state index in [9.17, 15) is 14.3 Å². The number of anilines is 1. The van der Waals surface area contributed by atoms with E-state index >= 15 is 0 Å². The van der Waals surface area contributed by atoms with Crippen LogP contribution in [0.4, 0.5) is 10.1 Å². The summed E-state index contributed by atoms with van der Waals surface area (Å²) in [6.45, 7) is -0.280. The van der Waals surface area contributed by atoms with E-state index in [4.69, 9.17) is 0 Å². The van der Waals surface area contributed by atoms with Gasteiger partial charge in [0.15, 0.2) is 0 Å². The molecule has 0 unspecified atom stereocenters. The van der Waals surface area contributed by atoms with Crippen LogP contribution in [0.3, 0.4) is 0 Å². The van der Waals surface area contributed by atoms with Gasteiger partial charge < -0.3 is 15.0 Å². The van der Waals surface area contributed by atoms with E-state index in [-0.39, 0.29) is 23.5 Å². The number of hydrogen-bond donors (Lipinski definition) is 2. The summed E-state index contributed by atoms with van der Waals surface area (Å²) in [5.41, 5.74) is 3.29. The lowest BCUT2D eigenvalue weighted by atomic mass is 9.98. The van der Waals surface area contributed by atoms with Crippen molar-refractivity contribution in [3.05, 3.63) is 109 Å². The smallest absolute Gasteiger partial charge is 0.203 e. The lowest BCUT2D eigenvalue weighted by Crippen LogP contribution is -2.20. The van der Waals surface area contributed by atoms with E-state index in [0.717, 1.165) is 11.1 Å². The zero-order valence-corrected chi connectivity index (χ0v) is 18.4. The molecule has 152 valence electrons. The Morgan fingerprint density at radius 3 is 2.13 bits per heavy atom.